The van der Waals surface area contributed by atoms with Gasteiger partial charge in [0.05, 0.1) is 17.8 Å². The number of hydrogen-bond donors (Lipinski definition) is 0. The molecule has 0 unspecified atom stereocenters. The van der Waals surface area contributed by atoms with Crippen LogP contribution in [-0.4, -0.2) is 52.9 Å². The van der Waals surface area contributed by atoms with E-state index >= 15 is 0 Å². The minimum Gasteiger partial charge on any atom is -0.361 e. The predicted octanol–water partition coefficient (Wildman–Crippen LogP) is 5.43. The smallest absolute Gasteiger partial charge is 0.251 e. The molecular weight excluding hydrogens is 470 g/mol. The fourth-order valence-electron chi connectivity index (χ4n) is 5.77. The van der Waals surface area contributed by atoms with Gasteiger partial charge in [0.25, 0.3) is 5.92 Å². The summed E-state index contributed by atoms with van der Waals surface area (Å²) in [6, 6.07) is 1.85. The summed E-state index contributed by atoms with van der Waals surface area (Å²) in [4.78, 5) is 23.1. The number of ketones is 1. The molecule has 2 fully saturated rings. The van der Waals surface area contributed by atoms with Crippen molar-refractivity contribution in [2.45, 2.75) is 83.6 Å². The van der Waals surface area contributed by atoms with Crippen LogP contribution in [0, 0.1) is 18.8 Å². The Kier molecular flexibility index (Phi) is 7.53. The molecule has 0 radical (unpaired) electrons. The summed E-state index contributed by atoms with van der Waals surface area (Å²) in [6.07, 6.45) is 7.78. The van der Waals surface area contributed by atoms with E-state index in [2.05, 4.69) is 10.1 Å². The molecule has 2 aliphatic heterocycles. The fourth-order valence-corrected chi connectivity index (χ4v) is 6.88. The zero-order chi connectivity index (χ0) is 24.4. The maximum Gasteiger partial charge on any atom is 0.251 e. The molecule has 0 atom stereocenters. The lowest BCUT2D eigenvalue weighted by atomic mass is 9.78. The molecule has 1 saturated heterocycles. The van der Waals surface area contributed by atoms with Gasteiger partial charge in [-0.05, 0) is 51.0 Å². The molecule has 2 aromatic rings. The quantitative estimate of drug-likeness (QED) is 0.476. The molecule has 5 rings (SSSR count). The van der Waals surface area contributed by atoms with Crippen LogP contribution >= 0.6 is 11.3 Å². The zero-order valence-electron chi connectivity index (χ0n) is 20.6. The third-order valence-electron chi connectivity index (χ3n) is 7.95. The number of thiazole rings is 1. The number of anilines is 1. The average Bonchev–Trinajstić information content (AvgIpc) is 3.43. The number of nitrogens with zero attached hydrogens (tertiary/aromatic N) is 4. The predicted molar refractivity (Wildman–Crippen MR) is 132 cm³/mol. The molecule has 192 valence electrons. The number of aryl methyl sites for hydroxylation is 1. The second kappa shape index (κ2) is 10.6. The Morgan fingerprint density at radius 2 is 1.91 bits per heavy atom. The number of carbonyl (C=O) groups is 1. The largest absolute Gasteiger partial charge is 0.361 e. The van der Waals surface area contributed by atoms with Crippen LogP contribution in [0.15, 0.2) is 10.6 Å². The maximum atomic E-state index is 13.5. The van der Waals surface area contributed by atoms with Gasteiger partial charge >= 0.3 is 0 Å². The number of carbonyl (C=O) groups excluding carboxylic acids is 1. The van der Waals surface area contributed by atoms with Crippen molar-refractivity contribution in [2.75, 3.05) is 31.1 Å². The summed E-state index contributed by atoms with van der Waals surface area (Å²) in [5, 5.41) is 4.79. The molecule has 6 nitrogen and oxygen atoms in total. The van der Waals surface area contributed by atoms with Crippen molar-refractivity contribution in [1.29, 1.82) is 0 Å². The van der Waals surface area contributed by atoms with E-state index in [-0.39, 0.29) is 18.6 Å². The maximum absolute atomic E-state index is 13.5. The summed E-state index contributed by atoms with van der Waals surface area (Å²) < 4.78 is 32.2. The van der Waals surface area contributed by atoms with Crippen molar-refractivity contribution >= 4 is 22.3 Å². The van der Waals surface area contributed by atoms with Gasteiger partial charge in [-0.15, -0.1) is 11.3 Å². The zero-order valence-corrected chi connectivity index (χ0v) is 21.4. The topological polar surface area (TPSA) is 62.5 Å². The summed E-state index contributed by atoms with van der Waals surface area (Å²) >= 11 is 1.70. The number of hydrogen-bond acceptors (Lipinski definition) is 7. The van der Waals surface area contributed by atoms with Crippen molar-refractivity contribution in [3.05, 3.63) is 28.1 Å². The van der Waals surface area contributed by atoms with Gasteiger partial charge in [0.2, 0.25) is 0 Å². The molecule has 4 heterocycles. The number of Topliss-reactive ketones (excluding diaryl/α,β-unsaturated/α-hetero) is 1. The summed E-state index contributed by atoms with van der Waals surface area (Å²) in [7, 11) is 0. The van der Waals surface area contributed by atoms with Crippen LogP contribution in [0.25, 0.3) is 0 Å². The third-order valence-corrected chi connectivity index (χ3v) is 9.16. The van der Waals surface area contributed by atoms with Crippen molar-refractivity contribution in [3.8, 4) is 0 Å². The molecule has 35 heavy (non-hydrogen) atoms. The van der Waals surface area contributed by atoms with Gasteiger partial charge in [-0.25, -0.2) is 13.8 Å². The fraction of sp³-hybridized carbons (Fsp3) is 0.731. The Morgan fingerprint density at radius 3 is 2.63 bits per heavy atom. The van der Waals surface area contributed by atoms with E-state index in [9.17, 15) is 13.6 Å². The molecule has 1 aliphatic carbocycles. The highest BCUT2D eigenvalue weighted by Gasteiger charge is 2.35. The Bertz CT molecular complexity index is 1000. The van der Waals surface area contributed by atoms with E-state index in [0.717, 1.165) is 61.3 Å². The van der Waals surface area contributed by atoms with Crippen LogP contribution in [0.3, 0.4) is 0 Å². The number of fused-ring (bicyclic) bond motifs is 1. The Morgan fingerprint density at radius 1 is 1.17 bits per heavy atom. The van der Waals surface area contributed by atoms with Gasteiger partial charge in [0.1, 0.15) is 11.5 Å². The van der Waals surface area contributed by atoms with Gasteiger partial charge < -0.3 is 9.42 Å². The normalized spacial score (nSPS) is 24.9. The van der Waals surface area contributed by atoms with Gasteiger partial charge in [-0.1, -0.05) is 18.0 Å². The Labute approximate surface area is 210 Å². The Balaban J connectivity index is 1.02. The third kappa shape index (κ3) is 6.47. The second-order valence-corrected chi connectivity index (χ2v) is 11.8. The minimum absolute atomic E-state index is 0.0685. The highest BCUT2D eigenvalue weighted by molar-refractivity contribution is 7.15. The van der Waals surface area contributed by atoms with Crippen LogP contribution in [0.1, 0.15) is 73.4 Å². The van der Waals surface area contributed by atoms with E-state index < -0.39 is 5.92 Å². The van der Waals surface area contributed by atoms with Crippen molar-refractivity contribution in [3.63, 3.8) is 0 Å². The second-order valence-electron chi connectivity index (χ2n) is 10.8. The SMILES string of the molecule is Cc1cc(CC(=O)CC2CCC(CCN3CCc4sc(N5CCC(F)(F)CC5)nc4C3)CC2)on1. The molecule has 3 aliphatic rings. The monoisotopic (exact) mass is 506 g/mol. The van der Waals surface area contributed by atoms with E-state index in [1.54, 1.807) is 11.3 Å². The highest BCUT2D eigenvalue weighted by Crippen LogP contribution is 2.36. The van der Waals surface area contributed by atoms with Crippen LogP contribution in [-0.2, 0) is 24.2 Å². The van der Waals surface area contributed by atoms with E-state index in [4.69, 9.17) is 9.51 Å². The molecule has 0 N–H and O–H groups in total. The van der Waals surface area contributed by atoms with Crippen molar-refractivity contribution < 1.29 is 18.1 Å². The van der Waals surface area contributed by atoms with Gasteiger partial charge in [-0.2, -0.15) is 0 Å². The number of rotatable bonds is 8. The van der Waals surface area contributed by atoms with Crippen LogP contribution in [0.2, 0.25) is 0 Å². The van der Waals surface area contributed by atoms with Gasteiger partial charge in [0, 0.05) is 56.4 Å². The number of piperidine rings is 1. The molecule has 0 amide bonds. The first kappa shape index (κ1) is 24.8. The van der Waals surface area contributed by atoms with Gasteiger partial charge in [0.15, 0.2) is 5.13 Å². The molecular formula is C26H36F2N4O2S. The van der Waals surface area contributed by atoms with E-state index in [1.165, 1.54) is 24.1 Å². The molecule has 2 aromatic heterocycles. The number of alkyl halides is 2. The molecule has 1 saturated carbocycles. The van der Waals surface area contributed by atoms with Crippen LogP contribution in [0.5, 0.6) is 0 Å². The Hall–Kier alpha value is -1.87. The minimum atomic E-state index is -2.52. The molecule has 0 spiro atoms. The molecule has 9 heteroatoms. The van der Waals surface area contributed by atoms with Crippen LogP contribution < -0.4 is 4.90 Å². The van der Waals surface area contributed by atoms with Crippen molar-refractivity contribution in [1.82, 2.24) is 15.0 Å². The number of aromatic nitrogens is 2. The summed E-state index contributed by atoms with van der Waals surface area (Å²) in [5.74, 6) is -0.343. The van der Waals surface area contributed by atoms with Crippen LogP contribution in [0.4, 0.5) is 13.9 Å². The van der Waals surface area contributed by atoms with E-state index in [1.807, 2.05) is 17.9 Å². The lowest BCUT2D eigenvalue weighted by molar-refractivity contribution is -0.119. The summed E-state index contributed by atoms with van der Waals surface area (Å²) in [6.45, 7) is 5.69. The standard InChI is InChI=1S/C26H36F2N4O2S/c1-18-14-22(34-30-18)16-21(33)15-20-4-2-19(3-5-20)6-10-31-11-7-24-23(17-31)29-25(35-24)32-12-8-26(27,28)9-13-32/h14,19-20H,2-13,15-17H2,1H3. The van der Waals surface area contributed by atoms with Crippen molar-refractivity contribution in [2.24, 2.45) is 11.8 Å². The summed E-state index contributed by atoms with van der Waals surface area (Å²) in [5.41, 5.74) is 1.97. The first-order valence-corrected chi connectivity index (χ1v) is 13.9. The first-order valence-electron chi connectivity index (χ1n) is 13.1. The highest BCUT2D eigenvalue weighted by atomic mass is 32.1. The van der Waals surface area contributed by atoms with Gasteiger partial charge in [-0.3, -0.25) is 9.69 Å². The lowest BCUT2D eigenvalue weighted by Gasteiger charge is -2.31. The molecule has 0 aromatic carbocycles. The molecule has 0 bridgehead atoms. The van der Waals surface area contributed by atoms with E-state index in [0.29, 0.717) is 37.6 Å². The number of halogens is 2. The first-order chi connectivity index (χ1) is 16.8. The average molecular weight is 507 g/mol. The lowest BCUT2D eigenvalue weighted by Crippen LogP contribution is -2.39.